The first-order chi connectivity index (χ1) is 10.5. The molecule has 1 atom stereocenters. The highest BCUT2D eigenvalue weighted by atomic mass is 16.4. The van der Waals surface area contributed by atoms with Crippen LogP contribution in [0.15, 0.2) is 24.3 Å². The highest BCUT2D eigenvalue weighted by molar-refractivity contribution is 5.91. The number of nitrogens with one attached hydrogen (secondary N) is 1. The Morgan fingerprint density at radius 1 is 1.27 bits per heavy atom. The minimum Gasteiger partial charge on any atom is -0.480 e. The number of benzene rings is 1. The van der Waals surface area contributed by atoms with E-state index in [1.54, 1.807) is 24.3 Å². The summed E-state index contributed by atoms with van der Waals surface area (Å²) >= 11 is 0. The van der Waals surface area contributed by atoms with Crippen LogP contribution in [-0.4, -0.2) is 40.4 Å². The minimum absolute atomic E-state index is 0.0836. The van der Waals surface area contributed by atoms with Crippen LogP contribution < -0.4 is 5.32 Å². The Bertz CT molecular complexity index is 585. The van der Waals surface area contributed by atoms with Crippen LogP contribution in [0, 0.1) is 0 Å². The van der Waals surface area contributed by atoms with Gasteiger partial charge in [0.05, 0.1) is 6.42 Å². The van der Waals surface area contributed by atoms with E-state index in [0.717, 1.165) is 12.8 Å². The van der Waals surface area contributed by atoms with Gasteiger partial charge >= 0.3 is 5.97 Å². The third-order valence-corrected chi connectivity index (χ3v) is 3.78. The number of anilines is 1. The average molecular weight is 304 g/mol. The molecule has 2 N–H and O–H groups in total. The molecule has 118 valence electrons. The average Bonchev–Trinajstić information content (AvgIpc) is 2.48. The molecule has 0 aliphatic carbocycles. The number of nitrogens with zero attached hydrogens (tertiary/aromatic N) is 1. The van der Waals surface area contributed by atoms with Crippen molar-refractivity contribution in [2.75, 3.05) is 11.9 Å². The molecule has 2 amide bonds. The maximum atomic E-state index is 12.5. The molecule has 0 saturated carbocycles. The van der Waals surface area contributed by atoms with E-state index in [0.29, 0.717) is 24.2 Å². The molecule has 1 aliphatic heterocycles. The van der Waals surface area contributed by atoms with Gasteiger partial charge < -0.3 is 15.3 Å². The number of hydrogen-bond donors (Lipinski definition) is 2. The fraction of sp³-hybridized carbons (Fsp3) is 0.438. The van der Waals surface area contributed by atoms with Crippen LogP contribution in [0.1, 0.15) is 31.7 Å². The number of carbonyl (C=O) groups is 3. The van der Waals surface area contributed by atoms with Gasteiger partial charge in [-0.3, -0.25) is 9.59 Å². The first kappa shape index (κ1) is 16.0. The minimum atomic E-state index is -0.955. The summed E-state index contributed by atoms with van der Waals surface area (Å²) in [5.74, 6) is -1.38. The van der Waals surface area contributed by atoms with Crippen molar-refractivity contribution < 1.29 is 19.5 Å². The number of para-hydroxylation sites is 1. The molecule has 22 heavy (non-hydrogen) atoms. The van der Waals surface area contributed by atoms with E-state index in [2.05, 4.69) is 5.32 Å². The van der Waals surface area contributed by atoms with E-state index in [1.165, 1.54) is 11.8 Å². The number of aliphatic carboxylic acids is 1. The molecule has 0 radical (unpaired) electrons. The zero-order valence-corrected chi connectivity index (χ0v) is 12.5. The van der Waals surface area contributed by atoms with Crippen LogP contribution >= 0.6 is 0 Å². The molecule has 1 fully saturated rings. The third-order valence-electron chi connectivity index (χ3n) is 3.78. The number of likely N-dealkylation sites (tertiary alicyclic amines) is 1. The Kier molecular flexibility index (Phi) is 5.14. The van der Waals surface area contributed by atoms with Crippen LogP contribution in [0.3, 0.4) is 0 Å². The Balaban J connectivity index is 2.14. The predicted octanol–water partition coefficient (Wildman–Crippen LogP) is 1.65. The van der Waals surface area contributed by atoms with Crippen molar-refractivity contribution in [2.24, 2.45) is 0 Å². The molecular weight excluding hydrogens is 284 g/mol. The lowest BCUT2D eigenvalue weighted by Crippen LogP contribution is -2.48. The van der Waals surface area contributed by atoms with Gasteiger partial charge in [0, 0.05) is 19.2 Å². The first-order valence-corrected chi connectivity index (χ1v) is 7.37. The van der Waals surface area contributed by atoms with Crippen molar-refractivity contribution in [3.8, 4) is 0 Å². The predicted molar refractivity (Wildman–Crippen MR) is 81.4 cm³/mol. The zero-order valence-electron chi connectivity index (χ0n) is 12.5. The molecule has 1 unspecified atom stereocenters. The van der Waals surface area contributed by atoms with Crippen LogP contribution in [0.4, 0.5) is 5.69 Å². The highest BCUT2D eigenvalue weighted by Crippen LogP contribution is 2.21. The number of piperidine rings is 1. The summed E-state index contributed by atoms with van der Waals surface area (Å²) < 4.78 is 0. The zero-order chi connectivity index (χ0) is 16.1. The van der Waals surface area contributed by atoms with Gasteiger partial charge in [0.15, 0.2) is 0 Å². The number of carboxylic acids is 1. The lowest BCUT2D eigenvalue weighted by Gasteiger charge is -2.33. The molecule has 1 aliphatic rings. The number of rotatable bonds is 4. The summed E-state index contributed by atoms with van der Waals surface area (Å²) in [6.45, 7) is 1.88. The maximum Gasteiger partial charge on any atom is 0.326 e. The fourth-order valence-electron chi connectivity index (χ4n) is 2.74. The summed E-state index contributed by atoms with van der Waals surface area (Å²) in [5.41, 5.74) is 1.28. The monoisotopic (exact) mass is 304 g/mol. The van der Waals surface area contributed by atoms with Gasteiger partial charge in [-0.2, -0.15) is 0 Å². The molecule has 1 heterocycles. The highest BCUT2D eigenvalue weighted by Gasteiger charge is 2.31. The van der Waals surface area contributed by atoms with Crippen molar-refractivity contribution in [1.29, 1.82) is 0 Å². The normalized spacial score (nSPS) is 17.9. The van der Waals surface area contributed by atoms with Crippen LogP contribution in [0.25, 0.3) is 0 Å². The summed E-state index contributed by atoms with van der Waals surface area (Å²) in [5, 5.41) is 11.9. The van der Waals surface area contributed by atoms with Crippen LogP contribution in [0.2, 0.25) is 0 Å². The third kappa shape index (κ3) is 3.84. The molecule has 1 saturated heterocycles. The fourth-order valence-corrected chi connectivity index (χ4v) is 2.74. The van der Waals surface area contributed by atoms with Gasteiger partial charge in [0.2, 0.25) is 11.8 Å². The van der Waals surface area contributed by atoms with E-state index in [4.69, 9.17) is 0 Å². The van der Waals surface area contributed by atoms with Gasteiger partial charge in [-0.15, -0.1) is 0 Å². The van der Waals surface area contributed by atoms with Crippen molar-refractivity contribution in [1.82, 2.24) is 4.90 Å². The lowest BCUT2D eigenvalue weighted by atomic mass is 10.0. The van der Waals surface area contributed by atoms with Crippen molar-refractivity contribution in [3.63, 3.8) is 0 Å². The van der Waals surface area contributed by atoms with Crippen molar-refractivity contribution in [2.45, 2.75) is 38.6 Å². The van der Waals surface area contributed by atoms with Crippen molar-refractivity contribution >= 4 is 23.5 Å². The van der Waals surface area contributed by atoms with Gasteiger partial charge in [-0.25, -0.2) is 4.79 Å². The van der Waals surface area contributed by atoms with E-state index in [1.807, 2.05) is 0 Å². The van der Waals surface area contributed by atoms with Gasteiger partial charge in [0.25, 0.3) is 0 Å². The molecule has 0 spiro atoms. The van der Waals surface area contributed by atoms with E-state index < -0.39 is 12.0 Å². The number of hydrogen-bond acceptors (Lipinski definition) is 3. The molecular formula is C16H20N2O4. The summed E-state index contributed by atoms with van der Waals surface area (Å²) in [6, 6.07) is 6.32. The van der Waals surface area contributed by atoms with Gasteiger partial charge in [-0.1, -0.05) is 18.2 Å². The second-order valence-electron chi connectivity index (χ2n) is 5.45. The van der Waals surface area contributed by atoms with E-state index >= 15 is 0 Å². The summed E-state index contributed by atoms with van der Waals surface area (Å²) in [7, 11) is 0. The number of carbonyl (C=O) groups excluding carboxylic acids is 2. The largest absolute Gasteiger partial charge is 0.480 e. The van der Waals surface area contributed by atoms with Crippen molar-refractivity contribution in [3.05, 3.63) is 29.8 Å². The Hall–Kier alpha value is -2.37. The quantitative estimate of drug-likeness (QED) is 0.885. The van der Waals surface area contributed by atoms with Gasteiger partial charge in [0.1, 0.15) is 6.04 Å². The maximum absolute atomic E-state index is 12.5. The van der Waals surface area contributed by atoms with Gasteiger partial charge in [-0.05, 0) is 30.9 Å². The summed E-state index contributed by atoms with van der Waals surface area (Å²) in [6.07, 6.45) is 2.22. The molecule has 1 aromatic carbocycles. The standard InChI is InChI=1S/C16H20N2O4/c1-11(19)17-13-7-3-2-6-12(13)10-15(20)18-9-5-4-8-14(18)16(21)22/h2-3,6-7,14H,4-5,8-10H2,1H3,(H,17,19)(H,21,22). The first-order valence-electron chi connectivity index (χ1n) is 7.37. The Morgan fingerprint density at radius 2 is 2.00 bits per heavy atom. The summed E-state index contributed by atoms with van der Waals surface area (Å²) in [4.78, 5) is 36.4. The second kappa shape index (κ2) is 7.06. The molecule has 0 aromatic heterocycles. The topological polar surface area (TPSA) is 86.7 Å². The van der Waals surface area contributed by atoms with Crippen LogP contribution in [0.5, 0.6) is 0 Å². The number of amides is 2. The number of carboxylic acid groups (broad SMARTS) is 1. The Morgan fingerprint density at radius 3 is 2.68 bits per heavy atom. The molecule has 6 heteroatoms. The SMILES string of the molecule is CC(=O)Nc1ccccc1CC(=O)N1CCCCC1C(=O)O. The molecule has 0 bridgehead atoms. The second-order valence-corrected chi connectivity index (χ2v) is 5.45. The van der Waals surface area contributed by atoms with E-state index in [9.17, 15) is 19.5 Å². The van der Waals surface area contributed by atoms with E-state index in [-0.39, 0.29) is 18.2 Å². The molecule has 1 aromatic rings. The lowest BCUT2D eigenvalue weighted by molar-refractivity contribution is -0.151. The smallest absolute Gasteiger partial charge is 0.326 e. The molecule has 2 rings (SSSR count). The Labute approximate surface area is 129 Å². The molecule has 6 nitrogen and oxygen atoms in total. The van der Waals surface area contributed by atoms with Crippen LogP contribution in [-0.2, 0) is 20.8 Å².